The molecular formula is C15H15N3O. The van der Waals surface area contributed by atoms with Crippen molar-refractivity contribution < 1.29 is 4.74 Å². The van der Waals surface area contributed by atoms with Crippen molar-refractivity contribution in [1.29, 1.82) is 0 Å². The van der Waals surface area contributed by atoms with E-state index < -0.39 is 0 Å². The monoisotopic (exact) mass is 253 g/mol. The first-order valence-electron chi connectivity index (χ1n) is 6.04. The highest BCUT2D eigenvalue weighted by atomic mass is 16.5. The average Bonchev–Trinajstić information content (AvgIpc) is 2.88. The highest BCUT2D eigenvalue weighted by Gasteiger charge is 2.04. The molecular weight excluding hydrogens is 238 g/mol. The Morgan fingerprint density at radius 2 is 2.00 bits per heavy atom. The van der Waals surface area contributed by atoms with E-state index in [1.807, 2.05) is 30.5 Å². The van der Waals surface area contributed by atoms with Crippen LogP contribution in [-0.2, 0) is 0 Å². The number of nitrogens with one attached hydrogen (secondary N) is 2. The van der Waals surface area contributed by atoms with Gasteiger partial charge in [0.05, 0.1) is 12.8 Å². The van der Waals surface area contributed by atoms with Gasteiger partial charge in [-0.3, -0.25) is 0 Å². The minimum Gasteiger partial charge on any atom is -0.494 e. The zero-order valence-corrected chi connectivity index (χ0v) is 10.6. The van der Waals surface area contributed by atoms with Crippen LogP contribution in [0.25, 0.3) is 10.9 Å². The van der Waals surface area contributed by atoms with Crippen molar-refractivity contribution in [3.8, 4) is 5.75 Å². The van der Waals surface area contributed by atoms with Crippen molar-refractivity contribution in [2.75, 3.05) is 18.2 Å². The summed E-state index contributed by atoms with van der Waals surface area (Å²) in [5.74, 6) is 0.728. The lowest BCUT2D eigenvalue weighted by Gasteiger charge is -2.11. The minimum absolute atomic E-state index is 0.683. The van der Waals surface area contributed by atoms with E-state index >= 15 is 0 Å². The van der Waals surface area contributed by atoms with E-state index in [-0.39, 0.29) is 0 Å². The maximum absolute atomic E-state index is 5.74. The number of H-pyrrole nitrogens is 1. The van der Waals surface area contributed by atoms with Gasteiger partial charge in [0.2, 0.25) is 0 Å². The minimum atomic E-state index is 0.683. The van der Waals surface area contributed by atoms with Gasteiger partial charge >= 0.3 is 0 Å². The number of hydrogen-bond acceptors (Lipinski definition) is 3. The fourth-order valence-electron chi connectivity index (χ4n) is 2.09. The van der Waals surface area contributed by atoms with Crippen molar-refractivity contribution in [3.63, 3.8) is 0 Å². The third kappa shape index (κ3) is 2.20. The largest absolute Gasteiger partial charge is 0.494 e. The van der Waals surface area contributed by atoms with Gasteiger partial charge in [-0.15, -0.1) is 0 Å². The Labute approximate surface area is 111 Å². The number of aromatic nitrogens is 1. The quantitative estimate of drug-likeness (QED) is 0.626. The maximum Gasteiger partial charge on any atom is 0.144 e. The van der Waals surface area contributed by atoms with Crippen LogP contribution < -0.4 is 15.8 Å². The molecule has 0 aliphatic heterocycles. The summed E-state index contributed by atoms with van der Waals surface area (Å²) in [5, 5.41) is 4.52. The Morgan fingerprint density at radius 1 is 1.11 bits per heavy atom. The van der Waals surface area contributed by atoms with E-state index in [4.69, 9.17) is 10.5 Å². The molecule has 0 amide bonds. The number of nitrogen functional groups attached to an aromatic ring is 1. The van der Waals surface area contributed by atoms with Gasteiger partial charge in [0.25, 0.3) is 0 Å². The normalized spacial score (nSPS) is 10.6. The summed E-state index contributed by atoms with van der Waals surface area (Å²) >= 11 is 0. The molecule has 0 bridgehead atoms. The van der Waals surface area contributed by atoms with Gasteiger partial charge in [0, 0.05) is 29.2 Å². The summed E-state index contributed by atoms with van der Waals surface area (Å²) in [6.45, 7) is 0. The molecule has 4 N–H and O–H groups in total. The number of ether oxygens (including phenoxy) is 1. The Hall–Kier alpha value is -2.62. The molecule has 0 aliphatic carbocycles. The molecule has 0 radical (unpaired) electrons. The van der Waals surface area contributed by atoms with Crippen LogP contribution in [0, 0.1) is 0 Å². The van der Waals surface area contributed by atoms with Gasteiger partial charge in [-0.05, 0) is 35.7 Å². The number of hydrogen-bond donors (Lipinski definition) is 3. The first-order chi connectivity index (χ1) is 9.26. The number of benzene rings is 2. The van der Waals surface area contributed by atoms with Crippen molar-refractivity contribution >= 4 is 28.0 Å². The molecule has 96 valence electrons. The Kier molecular flexibility index (Phi) is 2.76. The van der Waals surface area contributed by atoms with Gasteiger partial charge in [-0.2, -0.15) is 0 Å². The third-order valence-electron chi connectivity index (χ3n) is 3.06. The number of nitrogens with two attached hydrogens (primary N) is 1. The third-order valence-corrected chi connectivity index (χ3v) is 3.06. The van der Waals surface area contributed by atoms with Gasteiger partial charge < -0.3 is 20.8 Å². The standard InChI is InChI=1S/C15H15N3O/c1-19-15-8-11(16)3-5-13(15)18-12-4-2-10-6-7-17-14(10)9-12/h2-9,17-18H,16H2,1H3. The molecule has 3 rings (SSSR count). The van der Waals surface area contributed by atoms with Crippen LogP contribution in [-0.4, -0.2) is 12.1 Å². The van der Waals surface area contributed by atoms with Crippen LogP contribution in [0.2, 0.25) is 0 Å². The molecule has 0 spiro atoms. The van der Waals surface area contributed by atoms with E-state index in [1.165, 1.54) is 5.39 Å². The molecule has 19 heavy (non-hydrogen) atoms. The van der Waals surface area contributed by atoms with Gasteiger partial charge in [0.1, 0.15) is 5.75 Å². The van der Waals surface area contributed by atoms with Gasteiger partial charge in [0.15, 0.2) is 0 Å². The molecule has 2 aromatic carbocycles. The summed E-state index contributed by atoms with van der Waals surface area (Å²) in [4.78, 5) is 3.19. The highest BCUT2D eigenvalue weighted by Crippen LogP contribution is 2.30. The van der Waals surface area contributed by atoms with E-state index in [0.717, 1.165) is 22.6 Å². The highest BCUT2D eigenvalue weighted by molar-refractivity contribution is 5.84. The summed E-state index contributed by atoms with van der Waals surface area (Å²) in [7, 11) is 1.63. The predicted octanol–water partition coefficient (Wildman–Crippen LogP) is 3.50. The molecule has 3 aromatic rings. The number of anilines is 3. The van der Waals surface area contributed by atoms with E-state index in [2.05, 4.69) is 22.4 Å². The van der Waals surface area contributed by atoms with E-state index in [1.54, 1.807) is 13.2 Å². The summed E-state index contributed by atoms with van der Waals surface area (Å²) in [6.07, 6.45) is 1.93. The smallest absolute Gasteiger partial charge is 0.144 e. The van der Waals surface area contributed by atoms with Crippen LogP contribution >= 0.6 is 0 Å². The van der Waals surface area contributed by atoms with Gasteiger partial charge in [-0.1, -0.05) is 6.07 Å². The SMILES string of the molecule is COc1cc(N)ccc1Nc1ccc2cc[nH]c2c1. The number of methoxy groups -OCH3 is 1. The lowest BCUT2D eigenvalue weighted by Crippen LogP contribution is -1.96. The van der Waals surface area contributed by atoms with Crippen molar-refractivity contribution in [2.45, 2.75) is 0 Å². The number of rotatable bonds is 3. The molecule has 0 unspecified atom stereocenters. The molecule has 1 heterocycles. The molecule has 4 heteroatoms. The first-order valence-corrected chi connectivity index (χ1v) is 6.04. The Bertz CT molecular complexity index is 718. The topological polar surface area (TPSA) is 63.1 Å². The van der Waals surface area contributed by atoms with Crippen LogP contribution in [0.3, 0.4) is 0 Å². The molecule has 0 aliphatic rings. The average molecular weight is 253 g/mol. The van der Waals surface area contributed by atoms with Crippen LogP contribution in [0.4, 0.5) is 17.1 Å². The summed E-state index contributed by atoms with van der Waals surface area (Å²) in [5.41, 5.74) is 9.41. The fraction of sp³-hybridized carbons (Fsp3) is 0.0667. The summed E-state index contributed by atoms with van der Waals surface area (Å²) in [6, 6.07) is 13.8. The zero-order chi connectivity index (χ0) is 13.2. The van der Waals surface area contributed by atoms with Crippen molar-refractivity contribution in [3.05, 3.63) is 48.7 Å². The van der Waals surface area contributed by atoms with Crippen molar-refractivity contribution in [2.24, 2.45) is 0 Å². The Balaban J connectivity index is 1.95. The Morgan fingerprint density at radius 3 is 2.84 bits per heavy atom. The molecule has 0 saturated heterocycles. The van der Waals surface area contributed by atoms with Crippen molar-refractivity contribution in [1.82, 2.24) is 4.98 Å². The van der Waals surface area contributed by atoms with Crippen LogP contribution in [0.1, 0.15) is 0 Å². The lowest BCUT2D eigenvalue weighted by atomic mass is 10.2. The van der Waals surface area contributed by atoms with Crippen LogP contribution in [0.5, 0.6) is 5.75 Å². The molecule has 0 atom stereocenters. The fourth-order valence-corrected chi connectivity index (χ4v) is 2.09. The number of aromatic amines is 1. The second-order valence-corrected chi connectivity index (χ2v) is 4.36. The molecule has 1 aromatic heterocycles. The lowest BCUT2D eigenvalue weighted by molar-refractivity contribution is 0.417. The zero-order valence-electron chi connectivity index (χ0n) is 10.6. The molecule has 0 fully saturated rings. The second-order valence-electron chi connectivity index (χ2n) is 4.36. The van der Waals surface area contributed by atoms with E-state index in [9.17, 15) is 0 Å². The number of fused-ring (bicyclic) bond motifs is 1. The molecule has 4 nitrogen and oxygen atoms in total. The second kappa shape index (κ2) is 4.57. The van der Waals surface area contributed by atoms with E-state index in [0.29, 0.717) is 5.69 Å². The molecule has 0 saturated carbocycles. The first kappa shape index (κ1) is 11.5. The van der Waals surface area contributed by atoms with Gasteiger partial charge in [-0.25, -0.2) is 0 Å². The summed E-state index contributed by atoms with van der Waals surface area (Å²) < 4.78 is 5.32. The maximum atomic E-state index is 5.74. The predicted molar refractivity (Wildman–Crippen MR) is 79.0 cm³/mol. The van der Waals surface area contributed by atoms with Crippen LogP contribution in [0.15, 0.2) is 48.7 Å².